The molecule has 7 nitrogen and oxygen atoms in total. The second kappa shape index (κ2) is 8.80. The van der Waals surface area contributed by atoms with Gasteiger partial charge in [0, 0.05) is 17.6 Å². The minimum atomic E-state index is -2.91. The lowest BCUT2D eigenvalue weighted by Gasteiger charge is -2.19. The van der Waals surface area contributed by atoms with Gasteiger partial charge in [0.25, 0.3) is 6.43 Å². The second-order valence-electron chi connectivity index (χ2n) is 7.92. The van der Waals surface area contributed by atoms with Gasteiger partial charge in [0.15, 0.2) is 6.29 Å². The molecule has 1 amide bonds. The third-order valence-corrected chi connectivity index (χ3v) is 5.38. The Hall–Kier alpha value is -2.72. The van der Waals surface area contributed by atoms with Crippen LogP contribution < -0.4 is 10.6 Å². The van der Waals surface area contributed by atoms with E-state index in [-0.39, 0.29) is 30.0 Å². The number of hydrogen-bond donors (Lipinski definition) is 2. The van der Waals surface area contributed by atoms with Crippen LogP contribution in [-0.2, 0) is 27.2 Å². The molecule has 1 aromatic heterocycles. The van der Waals surface area contributed by atoms with Gasteiger partial charge in [0.05, 0.1) is 36.5 Å². The first-order valence-electron chi connectivity index (χ1n) is 10.0. The van der Waals surface area contributed by atoms with Crippen LogP contribution in [0.25, 0.3) is 0 Å². The van der Waals surface area contributed by atoms with E-state index in [0.717, 1.165) is 18.9 Å². The molecule has 0 radical (unpaired) electrons. The Balaban J connectivity index is 1.57. The molecule has 0 unspecified atom stereocenters. The van der Waals surface area contributed by atoms with Crippen LogP contribution in [0, 0.1) is 5.82 Å². The third kappa shape index (κ3) is 4.96. The first kappa shape index (κ1) is 21.5. The zero-order chi connectivity index (χ0) is 22.0. The summed E-state index contributed by atoms with van der Waals surface area (Å²) in [6, 6.07) is 3.85. The minimum Gasteiger partial charge on any atom is -0.365 e. The topological polar surface area (TPSA) is 85.4 Å². The van der Waals surface area contributed by atoms with Gasteiger partial charge < -0.3 is 20.1 Å². The van der Waals surface area contributed by atoms with Crippen molar-refractivity contribution >= 4 is 11.7 Å². The number of ether oxygens (including phenoxy) is 2. The fourth-order valence-corrected chi connectivity index (χ4v) is 3.42. The number of nitrogens with zero attached hydrogens (tertiary/aromatic N) is 2. The maximum Gasteiger partial charge on any atom is 0.266 e. The van der Waals surface area contributed by atoms with Crippen LogP contribution in [0.1, 0.15) is 54.9 Å². The normalized spacial score (nSPS) is 17.7. The first-order chi connectivity index (χ1) is 14.9. The summed E-state index contributed by atoms with van der Waals surface area (Å²) in [6.07, 6.45) is -0.538. The monoisotopic (exact) mass is 436 g/mol. The van der Waals surface area contributed by atoms with Crippen LogP contribution in [0.3, 0.4) is 0 Å². The summed E-state index contributed by atoms with van der Waals surface area (Å²) in [5.41, 5.74) is 0.112. The van der Waals surface area contributed by atoms with Gasteiger partial charge in [-0.15, -0.1) is 0 Å². The number of carbonyl (C=O) groups is 1. The molecule has 2 heterocycles. The largest absolute Gasteiger partial charge is 0.365 e. The number of amides is 1. The number of nitrogens with one attached hydrogen (secondary N) is 2. The first-order valence-corrected chi connectivity index (χ1v) is 10.0. The van der Waals surface area contributed by atoms with Gasteiger partial charge in [-0.2, -0.15) is 0 Å². The second-order valence-corrected chi connectivity index (χ2v) is 7.92. The molecule has 2 aromatic rings. The van der Waals surface area contributed by atoms with Crippen molar-refractivity contribution in [2.45, 2.75) is 51.0 Å². The number of benzene rings is 1. The highest BCUT2D eigenvalue weighted by Gasteiger charge is 2.39. The molecule has 1 aromatic carbocycles. The van der Waals surface area contributed by atoms with Gasteiger partial charge in [-0.3, -0.25) is 4.79 Å². The average Bonchev–Trinajstić information content (AvgIpc) is 3.22. The number of anilines is 1. The molecular weight excluding hydrogens is 413 g/mol. The fraction of sp³-hybridized carbons (Fsp3) is 0.476. The Morgan fingerprint density at radius 3 is 2.68 bits per heavy atom. The zero-order valence-electron chi connectivity index (χ0n) is 17.0. The molecule has 2 fully saturated rings. The van der Waals surface area contributed by atoms with Crippen LogP contribution in [0.5, 0.6) is 0 Å². The van der Waals surface area contributed by atoms with E-state index in [1.54, 1.807) is 0 Å². The molecule has 31 heavy (non-hydrogen) atoms. The number of rotatable bonds is 8. The highest BCUT2D eigenvalue weighted by molar-refractivity contribution is 5.80. The van der Waals surface area contributed by atoms with E-state index in [1.165, 1.54) is 18.5 Å². The van der Waals surface area contributed by atoms with Crippen molar-refractivity contribution in [3.63, 3.8) is 0 Å². The lowest BCUT2D eigenvalue weighted by Crippen LogP contribution is -2.35. The van der Waals surface area contributed by atoms with Gasteiger partial charge in [-0.25, -0.2) is 23.1 Å². The van der Waals surface area contributed by atoms with Crippen LogP contribution in [-0.4, -0.2) is 34.6 Å². The molecule has 10 heteroatoms. The zero-order valence-corrected chi connectivity index (χ0v) is 17.0. The number of carbonyl (C=O) groups excluding carboxylic acids is 1. The van der Waals surface area contributed by atoms with Gasteiger partial charge in [-0.05, 0) is 19.8 Å². The summed E-state index contributed by atoms with van der Waals surface area (Å²) in [5.74, 6) is -0.852. The third-order valence-electron chi connectivity index (χ3n) is 5.38. The van der Waals surface area contributed by atoms with Crippen molar-refractivity contribution in [3.8, 4) is 0 Å². The van der Waals surface area contributed by atoms with E-state index in [1.807, 2.05) is 6.92 Å². The van der Waals surface area contributed by atoms with Crippen LogP contribution in [0.2, 0.25) is 0 Å². The smallest absolute Gasteiger partial charge is 0.266 e. The minimum absolute atomic E-state index is 0.000568. The van der Waals surface area contributed by atoms with Crippen LogP contribution >= 0.6 is 0 Å². The predicted octanol–water partition coefficient (Wildman–Crippen LogP) is 3.42. The van der Waals surface area contributed by atoms with Crippen molar-refractivity contribution in [1.29, 1.82) is 0 Å². The molecule has 0 bridgehead atoms. The molecule has 1 saturated heterocycles. The molecule has 0 spiro atoms. The summed E-state index contributed by atoms with van der Waals surface area (Å²) in [5, 5.41) is 5.94. The van der Waals surface area contributed by atoms with Crippen molar-refractivity contribution < 1.29 is 27.4 Å². The number of halogens is 3. The van der Waals surface area contributed by atoms with Crippen LogP contribution in [0.15, 0.2) is 24.5 Å². The Morgan fingerprint density at radius 1 is 1.26 bits per heavy atom. The summed E-state index contributed by atoms with van der Waals surface area (Å²) >= 11 is 0. The summed E-state index contributed by atoms with van der Waals surface area (Å²) in [4.78, 5) is 20.9. The molecule has 2 aliphatic rings. The molecular formula is C21H23F3N4O3. The molecule has 0 atom stereocenters. The van der Waals surface area contributed by atoms with E-state index in [4.69, 9.17) is 9.47 Å². The van der Waals surface area contributed by atoms with Gasteiger partial charge in [-0.1, -0.05) is 18.2 Å². The van der Waals surface area contributed by atoms with Crippen molar-refractivity contribution in [2.24, 2.45) is 0 Å². The quantitative estimate of drug-likeness (QED) is 0.660. The Morgan fingerprint density at radius 2 is 2.00 bits per heavy atom. The maximum atomic E-state index is 14.4. The number of aromatic nitrogens is 2. The summed E-state index contributed by atoms with van der Waals surface area (Å²) in [7, 11) is 0. The van der Waals surface area contributed by atoms with E-state index >= 15 is 0 Å². The number of alkyl halides is 2. The van der Waals surface area contributed by atoms with Crippen molar-refractivity contribution in [3.05, 3.63) is 52.7 Å². The molecule has 2 N–H and O–H groups in total. The van der Waals surface area contributed by atoms with Crippen LogP contribution in [0.4, 0.5) is 19.0 Å². The lowest BCUT2D eigenvalue weighted by molar-refractivity contribution is -0.121. The summed E-state index contributed by atoms with van der Waals surface area (Å²) in [6.45, 7) is 2.62. The molecule has 166 valence electrons. The van der Waals surface area contributed by atoms with E-state index in [9.17, 15) is 18.0 Å². The highest BCUT2D eigenvalue weighted by Crippen LogP contribution is 2.35. The average molecular weight is 436 g/mol. The molecule has 1 aliphatic carbocycles. The maximum absolute atomic E-state index is 14.4. The Kier molecular flexibility index (Phi) is 6.10. The molecule has 4 rings (SSSR count). The Bertz CT molecular complexity index is 963. The number of hydrogen-bond acceptors (Lipinski definition) is 6. The predicted molar refractivity (Wildman–Crippen MR) is 105 cm³/mol. The van der Waals surface area contributed by atoms with E-state index in [0.29, 0.717) is 30.3 Å². The van der Waals surface area contributed by atoms with Gasteiger partial charge >= 0.3 is 0 Å². The SMILES string of the molecule is CC1(NC(=O)Cc2ncnc(NCc3cccc(C(F)F)c3F)c2C2OCCO2)CC1. The standard InChI is InChI=1S/C21H23F3N4O3/c1-21(5-6-21)28-15(29)9-14-16(20-30-7-8-31-20)19(27-11-26-14)25-10-12-3-2-4-13(17(12)22)18(23)24/h2-4,11,18,20H,5-10H2,1H3,(H,28,29)(H,25,26,27). The van der Waals surface area contributed by atoms with E-state index < -0.39 is 24.1 Å². The fourth-order valence-electron chi connectivity index (χ4n) is 3.42. The Labute approximate surface area is 177 Å². The van der Waals surface area contributed by atoms with E-state index in [2.05, 4.69) is 20.6 Å². The van der Waals surface area contributed by atoms with Gasteiger partial charge in [0.1, 0.15) is 18.0 Å². The van der Waals surface area contributed by atoms with Crippen molar-refractivity contribution in [2.75, 3.05) is 18.5 Å². The molecule has 1 aliphatic heterocycles. The highest BCUT2D eigenvalue weighted by atomic mass is 19.3. The summed E-state index contributed by atoms with van der Waals surface area (Å²) < 4.78 is 51.5. The lowest BCUT2D eigenvalue weighted by atomic mass is 10.1. The van der Waals surface area contributed by atoms with Gasteiger partial charge in [0.2, 0.25) is 5.91 Å². The molecule has 1 saturated carbocycles. The van der Waals surface area contributed by atoms with Crippen molar-refractivity contribution in [1.82, 2.24) is 15.3 Å².